The van der Waals surface area contributed by atoms with E-state index in [1.165, 1.54) is 4.90 Å². The third-order valence-electron chi connectivity index (χ3n) is 6.99. The Labute approximate surface area is 213 Å². The Hall–Kier alpha value is -3.35. The van der Waals surface area contributed by atoms with E-state index in [-0.39, 0.29) is 31.4 Å². The van der Waals surface area contributed by atoms with E-state index in [0.29, 0.717) is 19.3 Å². The van der Waals surface area contributed by atoms with Gasteiger partial charge in [-0.3, -0.25) is 9.59 Å². The van der Waals surface area contributed by atoms with Gasteiger partial charge in [0, 0.05) is 18.9 Å². The number of hydrogen-bond acceptors (Lipinski definition) is 5. The van der Waals surface area contributed by atoms with Gasteiger partial charge in [-0.15, -0.1) is 0 Å². The quantitative estimate of drug-likeness (QED) is 0.464. The van der Waals surface area contributed by atoms with Crippen LogP contribution in [0.25, 0.3) is 0 Å². The summed E-state index contributed by atoms with van der Waals surface area (Å²) in [5.74, 6) is -1.84. The lowest BCUT2D eigenvalue weighted by Crippen LogP contribution is -2.50. The molecule has 2 aromatic carbocycles. The number of nitrogens with zero attached hydrogens (tertiary/aromatic N) is 1. The first-order valence-corrected chi connectivity index (χ1v) is 12.7. The molecule has 2 aromatic rings. The lowest BCUT2D eigenvalue weighted by Gasteiger charge is -2.37. The minimum atomic E-state index is -1.03. The number of carboxylic acid groups (broad SMARTS) is 1. The molecule has 36 heavy (non-hydrogen) atoms. The number of hydrogen-bond donors (Lipinski definition) is 1. The van der Waals surface area contributed by atoms with Gasteiger partial charge in [-0.05, 0) is 60.9 Å². The molecule has 0 aliphatic carbocycles. The predicted octanol–water partition coefficient (Wildman–Crippen LogP) is 4.43. The Morgan fingerprint density at radius 1 is 1.11 bits per heavy atom. The van der Waals surface area contributed by atoms with Gasteiger partial charge in [-0.2, -0.15) is 0 Å². The zero-order valence-electron chi connectivity index (χ0n) is 21.7. The fourth-order valence-corrected chi connectivity index (χ4v) is 4.97. The standard InChI is InChI=1S/C29H37NO6/c1-5-21-15-23-16-25(28(32)33)30(18-24(23)17-26(21)35-4)27(31)19(3)14-22(29(34)36-6-2)13-12-20-10-8-7-9-11-20/h7-11,15,17,19,22,25H,5-6,12-14,16,18H2,1-4H3,(H,32,33)/t19?,22?,25-/m0/s1. The Kier molecular flexibility index (Phi) is 9.51. The lowest BCUT2D eigenvalue weighted by atomic mass is 9.87. The van der Waals surface area contributed by atoms with Gasteiger partial charge >= 0.3 is 11.9 Å². The third kappa shape index (κ3) is 6.45. The number of aryl methyl sites for hydroxylation is 2. The Morgan fingerprint density at radius 3 is 2.44 bits per heavy atom. The summed E-state index contributed by atoms with van der Waals surface area (Å²) in [5.41, 5.74) is 3.96. The van der Waals surface area contributed by atoms with Gasteiger partial charge in [-0.25, -0.2) is 4.79 Å². The van der Waals surface area contributed by atoms with Gasteiger partial charge in [0.1, 0.15) is 11.8 Å². The molecule has 0 fully saturated rings. The van der Waals surface area contributed by atoms with Crippen LogP contribution in [0.1, 0.15) is 55.9 Å². The van der Waals surface area contributed by atoms with Crippen LogP contribution < -0.4 is 4.74 Å². The molecule has 1 heterocycles. The molecular formula is C29H37NO6. The number of carbonyl (C=O) groups is 3. The van der Waals surface area contributed by atoms with Crippen molar-refractivity contribution in [3.05, 3.63) is 64.7 Å². The number of benzene rings is 2. The second kappa shape index (κ2) is 12.6. The zero-order chi connectivity index (χ0) is 26.2. The van der Waals surface area contributed by atoms with Gasteiger partial charge in [0.05, 0.1) is 19.6 Å². The average molecular weight is 496 g/mol. The summed E-state index contributed by atoms with van der Waals surface area (Å²) in [4.78, 5) is 39.9. The summed E-state index contributed by atoms with van der Waals surface area (Å²) in [7, 11) is 1.61. The summed E-state index contributed by atoms with van der Waals surface area (Å²) in [6, 6.07) is 12.8. The smallest absolute Gasteiger partial charge is 0.326 e. The number of carboxylic acids is 1. The van der Waals surface area contributed by atoms with E-state index in [1.54, 1.807) is 21.0 Å². The molecule has 3 atom stereocenters. The topological polar surface area (TPSA) is 93.1 Å². The van der Waals surface area contributed by atoms with E-state index in [1.807, 2.05) is 49.4 Å². The molecule has 1 amide bonds. The summed E-state index contributed by atoms with van der Waals surface area (Å²) >= 11 is 0. The van der Waals surface area contributed by atoms with Crippen molar-refractivity contribution in [2.45, 2.75) is 65.5 Å². The number of rotatable bonds is 11. The molecule has 194 valence electrons. The van der Waals surface area contributed by atoms with Gasteiger partial charge in [-0.1, -0.05) is 50.2 Å². The number of methoxy groups -OCH3 is 1. The van der Waals surface area contributed by atoms with Gasteiger partial charge in [0.15, 0.2) is 0 Å². The highest BCUT2D eigenvalue weighted by molar-refractivity contribution is 5.86. The number of fused-ring (bicyclic) bond motifs is 1. The van der Waals surface area contributed by atoms with Gasteiger partial charge in [0.25, 0.3) is 0 Å². The first-order valence-electron chi connectivity index (χ1n) is 12.7. The normalized spacial score (nSPS) is 16.6. The van der Waals surface area contributed by atoms with Gasteiger partial charge < -0.3 is 19.5 Å². The number of aliphatic carboxylic acids is 1. The van der Waals surface area contributed by atoms with Crippen LogP contribution in [-0.4, -0.2) is 47.6 Å². The Morgan fingerprint density at radius 2 is 1.83 bits per heavy atom. The van der Waals surface area contributed by atoms with Crippen LogP contribution in [0.3, 0.4) is 0 Å². The van der Waals surface area contributed by atoms with E-state index < -0.39 is 23.8 Å². The third-order valence-corrected chi connectivity index (χ3v) is 6.99. The average Bonchev–Trinajstić information content (AvgIpc) is 2.89. The Bertz CT molecular complexity index is 1070. The molecule has 7 nitrogen and oxygen atoms in total. The number of amides is 1. The number of esters is 1. The van der Waals surface area contributed by atoms with Crippen LogP contribution in [0, 0.1) is 11.8 Å². The number of carbonyl (C=O) groups excluding carboxylic acids is 2. The molecule has 0 bridgehead atoms. The van der Waals surface area contributed by atoms with Crippen molar-refractivity contribution in [3.8, 4) is 5.75 Å². The molecule has 3 rings (SSSR count). The van der Waals surface area contributed by atoms with E-state index in [9.17, 15) is 19.5 Å². The molecule has 0 aromatic heterocycles. The van der Waals surface area contributed by atoms with Crippen molar-refractivity contribution in [2.24, 2.45) is 11.8 Å². The molecule has 0 saturated heterocycles. The first kappa shape index (κ1) is 27.2. The summed E-state index contributed by atoms with van der Waals surface area (Å²) < 4.78 is 10.8. The molecule has 1 aliphatic heterocycles. The molecule has 1 N–H and O–H groups in total. The predicted molar refractivity (Wildman–Crippen MR) is 137 cm³/mol. The van der Waals surface area contributed by atoms with Crippen molar-refractivity contribution in [1.29, 1.82) is 0 Å². The summed E-state index contributed by atoms with van der Waals surface area (Å²) in [5, 5.41) is 9.95. The van der Waals surface area contributed by atoms with Crippen LogP contribution in [-0.2, 0) is 44.9 Å². The fourth-order valence-electron chi connectivity index (χ4n) is 4.97. The number of ether oxygens (including phenoxy) is 2. The molecular weight excluding hydrogens is 458 g/mol. The second-order valence-electron chi connectivity index (χ2n) is 9.42. The van der Waals surface area contributed by atoms with Crippen molar-refractivity contribution < 1.29 is 29.0 Å². The van der Waals surface area contributed by atoms with Crippen molar-refractivity contribution >= 4 is 17.8 Å². The van der Waals surface area contributed by atoms with E-state index in [4.69, 9.17) is 9.47 Å². The zero-order valence-corrected chi connectivity index (χ0v) is 21.7. The second-order valence-corrected chi connectivity index (χ2v) is 9.42. The maximum atomic E-state index is 13.6. The van der Waals surface area contributed by atoms with Crippen molar-refractivity contribution in [2.75, 3.05) is 13.7 Å². The van der Waals surface area contributed by atoms with Crippen LogP contribution in [0.5, 0.6) is 5.75 Å². The maximum Gasteiger partial charge on any atom is 0.326 e. The summed E-state index contributed by atoms with van der Waals surface area (Å²) in [6.07, 6.45) is 2.57. The van der Waals surface area contributed by atoms with Gasteiger partial charge in [0.2, 0.25) is 5.91 Å². The fraction of sp³-hybridized carbons (Fsp3) is 0.483. The largest absolute Gasteiger partial charge is 0.496 e. The SMILES string of the molecule is CCOC(=O)C(CCc1ccccc1)CC(C)C(=O)N1Cc2cc(OC)c(CC)cc2C[C@H]1C(=O)O. The molecule has 1 aliphatic rings. The highest BCUT2D eigenvalue weighted by Gasteiger charge is 2.38. The van der Waals surface area contributed by atoms with Crippen LogP contribution in [0.2, 0.25) is 0 Å². The lowest BCUT2D eigenvalue weighted by molar-refractivity contribution is -0.155. The van der Waals surface area contributed by atoms with Crippen molar-refractivity contribution in [1.82, 2.24) is 4.90 Å². The molecule has 0 spiro atoms. The molecule has 0 saturated carbocycles. The van der Waals surface area contributed by atoms with E-state index in [0.717, 1.165) is 34.4 Å². The van der Waals surface area contributed by atoms with E-state index >= 15 is 0 Å². The van der Waals surface area contributed by atoms with Crippen LogP contribution >= 0.6 is 0 Å². The maximum absolute atomic E-state index is 13.6. The van der Waals surface area contributed by atoms with Crippen LogP contribution in [0.4, 0.5) is 0 Å². The van der Waals surface area contributed by atoms with E-state index in [2.05, 4.69) is 0 Å². The highest BCUT2D eigenvalue weighted by Crippen LogP contribution is 2.32. The minimum Gasteiger partial charge on any atom is -0.496 e. The summed E-state index contributed by atoms with van der Waals surface area (Å²) in [6.45, 7) is 6.03. The highest BCUT2D eigenvalue weighted by atomic mass is 16.5. The van der Waals surface area contributed by atoms with Crippen molar-refractivity contribution in [3.63, 3.8) is 0 Å². The Balaban J connectivity index is 1.79. The molecule has 2 unspecified atom stereocenters. The molecule has 7 heteroatoms. The minimum absolute atomic E-state index is 0.198. The molecule has 0 radical (unpaired) electrons. The first-order chi connectivity index (χ1) is 17.3. The monoisotopic (exact) mass is 495 g/mol. The van der Waals surface area contributed by atoms with Crippen LogP contribution in [0.15, 0.2) is 42.5 Å².